The first-order chi connectivity index (χ1) is 11.4. The summed E-state index contributed by atoms with van der Waals surface area (Å²) in [7, 11) is 1.74. The smallest absolute Gasteiger partial charge is 0.126 e. The zero-order chi connectivity index (χ0) is 15.9. The molecule has 1 fully saturated rings. The van der Waals surface area contributed by atoms with Crippen LogP contribution < -0.4 is 4.74 Å². The highest BCUT2D eigenvalue weighted by Gasteiger charge is 2.10. The second-order valence-electron chi connectivity index (χ2n) is 5.96. The molecule has 23 heavy (non-hydrogen) atoms. The van der Waals surface area contributed by atoms with Gasteiger partial charge in [-0.15, -0.1) is 0 Å². The summed E-state index contributed by atoms with van der Waals surface area (Å²) in [4.78, 5) is 2.49. The highest BCUT2D eigenvalue weighted by molar-refractivity contribution is 5.71. The van der Waals surface area contributed by atoms with Crippen LogP contribution in [0.1, 0.15) is 12.0 Å². The third kappa shape index (κ3) is 4.34. The second kappa shape index (κ2) is 8.14. The van der Waals surface area contributed by atoms with Crippen LogP contribution in [0.5, 0.6) is 5.75 Å². The fraction of sp³-hybridized carbons (Fsp3) is 0.400. The molecule has 3 heteroatoms. The minimum Gasteiger partial charge on any atom is -0.496 e. The number of ether oxygens (including phenoxy) is 2. The molecule has 0 unspecified atom stereocenters. The summed E-state index contributed by atoms with van der Waals surface area (Å²) in [5.74, 6) is 0.938. The van der Waals surface area contributed by atoms with Gasteiger partial charge in [0.1, 0.15) is 5.75 Å². The normalized spacial score (nSPS) is 15.5. The van der Waals surface area contributed by atoms with Crippen LogP contribution in [0.2, 0.25) is 0 Å². The Morgan fingerprint density at radius 3 is 2.57 bits per heavy atom. The van der Waals surface area contributed by atoms with Crippen LogP contribution in [0.4, 0.5) is 0 Å². The van der Waals surface area contributed by atoms with Gasteiger partial charge in [0.25, 0.3) is 0 Å². The van der Waals surface area contributed by atoms with Gasteiger partial charge in [0.05, 0.1) is 20.3 Å². The first kappa shape index (κ1) is 16.0. The first-order valence-corrected chi connectivity index (χ1v) is 8.39. The van der Waals surface area contributed by atoms with Crippen molar-refractivity contribution in [3.63, 3.8) is 0 Å². The van der Waals surface area contributed by atoms with E-state index in [1.165, 1.54) is 23.1 Å². The van der Waals surface area contributed by atoms with Crippen molar-refractivity contribution in [3.05, 3.63) is 54.1 Å². The molecular weight excluding hydrogens is 286 g/mol. The summed E-state index contributed by atoms with van der Waals surface area (Å²) in [6.07, 6.45) is 2.28. The minimum absolute atomic E-state index is 0.876. The average Bonchev–Trinajstić information content (AvgIpc) is 2.63. The van der Waals surface area contributed by atoms with Crippen LogP contribution in [0.15, 0.2) is 48.5 Å². The molecule has 0 saturated carbocycles. The van der Waals surface area contributed by atoms with Gasteiger partial charge in [-0.3, -0.25) is 4.90 Å². The topological polar surface area (TPSA) is 21.7 Å². The lowest BCUT2D eigenvalue weighted by Crippen LogP contribution is -2.36. The molecule has 3 nitrogen and oxygen atoms in total. The quantitative estimate of drug-likeness (QED) is 0.813. The van der Waals surface area contributed by atoms with Crippen LogP contribution in [-0.4, -0.2) is 44.9 Å². The lowest BCUT2D eigenvalue weighted by molar-refractivity contribution is 0.0375. The van der Waals surface area contributed by atoms with Gasteiger partial charge in [0.15, 0.2) is 0 Å². The first-order valence-electron chi connectivity index (χ1n) is 8.39. The number of nitrogens with zero attached hydrogens (tertiary/aromatic N) is 1. The predicted octanol–water partition coefficient (Wildman–Crippen LogP) is 3.63. The molecular formula is C20H25NO2. The Bertz CT molecular complexity index is 606. The molecule has 1 aliphatic rings. The predicted molar refractivity (Wildman–Crippen MR) is 94.0 cm³/mol. The number of benzene rings is 2. The molecule has 0 N–H and O–H groups in total. The zero-order valence-electron chi connectivity index (χ0n) is 13.8. The summed E-state index contributed by atoms with van der Waals surface area (Å²) >= 11 is 0. The van der Waals surface area contributed by atoms with Crippen molar-refractivity contribution < 1.29 is 9.47 Å². The Balaban J connectivity index is 1.66. The third-order valence-corrected chi connectivity index (χ3v) is 4.39. The number of aryl methyl sites for hydroxylation is 1. The SMILES string of the molecule is COc1ccc(CCCN2CCOCC2)cc1-c1ccccc1. The number of hydrogen-bond donors (Lipinski definition) is 0. The molecule has 1 aliphatic heterocycles. The molecule has 0 radical (unpaired) electrons. The Kier molecular flexibility index (Phi) is 5.67. The van der Waals surface area contributed by atoms with Gasteiger partial charge in [-0.1, -0.05) is 36.4 Å². The average molecular weight is 311 g/mol. The number of rotatable bonds is 6. The second-order valence-corrected chi connectivity index (χ2v) is 5.96. The van der Waals surface area contributed by atoms with E-state index in [1.54, 1.807) is 7.11 Å². The molecule has 1 saturated heterocycles. The molecule has 0 aromatic heterocycles. The van der Waals surface area contributed by atoms with Crippen molar-refractivity contribution >= 4 is 0 Å². The highest BCUT2D eigenvalue weighted by Crippen LogP contribution is 2.31. The van der Waals surface area contributed by atoms with Crippen LogP contribution in [0.3, 0.4) is 0 Å². The van der Waals surface area contributed by atoms with E-state index in [2.05, 4.69) is 47.4 Å². The molecule has 2 aromatic rings. The van der Waals surface area contributed by atoms with Crippen molar-refractivity contribution in [2.75, 3.05) is 40.0 Å². The third-order valence-electron chi connectivity index (χ3n) is 4.39. The largest absolute Gasteiger partial charge is 0.496 e. The lowest BCUT2D eigenvalue weighted by Gasteiger charge is -2.26. The van der Waals surface area contributed by atoms with Crippen molar-refractivity contribution in [2.24, 2.45) is 0 Å². The van der Waals surface area contributed by atoms with Gasteiger partial charge in [0.2, 0.25) is 0 Å². The minimum atomic E-state index is 0.876. The van der Waals surface area contributed by atoms with Crippen LogP contribution in [-0.2, 0) is 11.2 Å². The van der Waals surface area contributed by atoms with E-state index in [1.807, 2.05) is 6.07 Å². The van der Waals surface area contributed by atoms with Gasteiger partial charge in [-0.2, -0.15) is 0 Å². The van der Waals surface area contributed by atoms with E-state index in [-0.39, 0.29) is 0 Å². The lowest BCUT2D eigenvalue weighted by atomic mass is 10.00. The van der Waals surface area contributed by atoms with Crippen molar-refractivity contribution in [2.45, 2.75) is 12.8 Å². The van der Waals surface area contributed by atoms with E-state index < -0.39 is 0 Å². The van der Waals surface area contributed by atoms with E-state index >= 15 is 0 Å². The fourth-order valence-electron chi connectivity index (χ4n) is 3.09. The zero-order valence-corrected chi connectivity index (χ0v) is 13.8. The molecule has 0 aliphatic carbocycles. The summed E-state index contributed by atoms with van der Waals surface area (Å²) in [6.45, 7) is 5.03. The van der Waals surface area contributed by atoms with Crippen LogP contribution in [0.25, 0.3) is 11.1 Å². The van der Waals surface area contributed by atoms with E-state index in [0.29, 0.717) is 0 Å². The van der Waals surface area contributed by atoms with Gasteiger partial charge in [-0.25, -0.2) is 0 Å². The van der Waals surface area contributed by atoms with Gasteiger partial charge >= 0.3 is 0 Å². The van der Waals surface area contributed by atoms with Crippen molar-refractivity contribution in [1.29, 1.82) is 0 Å². The van der Waals surface area contributed by atoms with Crippen molar-refractivity contribution in [1.82, 2.24) is 4.90 Å². The van der Waals surface area contributed by atoms with Crippen LogP contribution in [0, 0.1) is 0 Å². The molecule has 3 rings (SSSR count). The van der Waals surface area contributed by atoms with E-state index in [4.69, 9.17) is 9.47 Å². The number of methoxy groups -OCH3 is 1. The maximum atomic E-state index is 5.53. The van der Waals surface area contributed by atoms with E-state index in [9.17, 15) is 0 Å². The summed E-state index contributed by atoms with van der Waals surface area (Å²) in [5.41, 5.74) is 3.76. The maximum Gasteiger partial charge on any atom is 0.126 e. The van der Waals surface area contributed by atoms with Gasteiger partial charge in [0, 0.05) is 18.7 Å². The van der Waals surface area contributed by atoms with Crippen molar-refractivity contribution in [3.8, 4) is 16.9 Å². The molecule has 2 aromatic carbocycles. The maximum absolute atomic E-state index is 5.53. The molecule has 1 heterocycles. The summed E-state index contributed by atoms with van der Waals surface area (Å²) < 4.78 is 10.9. The standard InChI is InChI=1S/C20H25NO2/c1-22-20-10-9-17(6-5-11-21-12-14-23-15-13-21)16-19(20)18-7-3-2-4-8-18/h2-4,7-10,16H,5-6,11-15H2,1H3. The highest BCUT2D eigenvalue weighted by atomic mass is 16.5. The monoisotopic (exact) mass is 311 g/mol. The van der Waals surface area contributed by atoms with Gasteiger partial charge in [-0.05, 0) is 42.6 Å². The Morgan fingerprint density at radius 2 is 1.83 bits per heavy atom. The fourth-order valence-corrected chi connectivity index (χ4v) is 3.09. The Hall–Kier alpha value is -1.84. The molecule has 0 bridgehead atoms. The summed E-state index contributed by atoms with van der Waals surface area (Å²) in [5, 5.41) is 0. The van der Waals surface area contributed by atoms with Crippen LogP contribution >= 0.6 is 0 Å². The number of hydrogen-bond acceptors (Lipinski definition) is 3. The Labute approximate surface area is 138 Å². The molecule has 0 atom stereocenters. The summed E-state index contributed by atoms with van der Waals surface area (Å²) in [6, 6.07) is 17.0. The van der Waals surface area contributed by atoms with E-state index in [0.717, 1.165) is 45.0 Å². The molecule has 0 spiro atoms. The number of morpholine rings is 1. The molecule has 0 amide bonds. The van der Waals surface area contributed by atoms with Gasteiger partial charge < -0.3 is 9.47 Å². The Morgan fingerprint density at radius 1 is 1.04 bits per heavy atom. The molecule has 122 valence electrons.